The summed E-state index contributed by atoms with van der Waals surface area (Å²) in [6.07, 6.45) is 3.29. The van der Waals surface area contributed by atoms with Gasteiger partial charge in [0.15, 0.2) is 0 Å². The molecule has 28 heavy (non-hydrogen) atoms. The summed E-state index contributed by atoms with van der Waals surface area (Å²) in [5, 5.41) is 0. The number of para-hydroxylation sites is 1. The van der Waals surface area contributed by atoms with E-state index in [1.807, 2.05) is 6.07 Å². The minimum atomic E-state index is -3.91. The second-order valence-electron chi connectivity index (χ2n) is 6.15. The molecule has 0 aliphatic rings. The van der Waals surface area contributed by atoms with Crippen LogP contribution in [-0.4, -0.2) is 40.2 Å². The summed E-state index contributed by atoms with van der Waals surface area (Å²) in [6, 6.07) is 15.7. The second-order valence-corrected chi connectivity index (χ2v) is 9.99. The molecule has 9 heteroatoms. The number of aromatic nitrogens is 1. The zero-order valence-corrected chi connectivity index (χ0v) is 16.9. The average Bonchev–Trinajstić information content (AvgIpc) is 2.69. The zero-order chi connectivity index (χ0) is 20.4. The summed E-state index contributed by atoms with van der Waals surface area (Å²) in [5.41, 5.74) is 1.86. The minimum absolute atomic E-state index is 0.0206. The predicted molar refractivity (Wildman–Crippen MR) is 108 cm³/mol. The molecule has 0 radical (unpaired) electrons. The van der Waals surface area contributed by atoms with E-state index in [2.05, 4.69) is 9.71 Å². The van der Waals surface area contributed by atoms with Gasteiger partial charge in [-0.05, 0) is 36.4 Å². The molecule has 0 bridgehead atoms. The highest BCUT2D eigenvalue weighted by Crippen LogP contribution is 2.29. The van der Waals surface area contributed by atoms with Gasteiger partial charge in [0.1, 0.15) is 0 Å². The van der Waals surface area contributed by atoms with Gasteiger partial charge in [-0.1, -0.05) is 24.3 Å². The van der Waals surface area contributed by atoms with Gasteiger partial charge in [-0.2, -0.15) is 0 Å². The normalized spacial score (nSPS) is 12.1. The molecule has 1 heterocycles. The molecule has 0 saturated carbocycles. The lowest BCUT2D eigenvalue weighted by Gasteiger charge is -2.14. The maximum atomic E-state index is 12.8. The molecule has 0 fully saturated rings. The van der Waals surface area contributed by atoms with E-state index in [4.69, 9.17) is 0 Å². The number of nitrogens with one attached hydrogen (secondary N) is 1. The number of hydrogen-bond acceptors (Lipinski definition) is 5. The fourth-order valence-electron chi connectivity index (χ4n) is 2.55. The van der Waals surface area contributed by atoms with Crippen LogP contribution in [-0.2, 0) is 20.0 Å². The van der Waals surface area contributed by atoms with E-state index >= 15 is 0 Å². The van der Waals surface area contributed by atoms with Gasteiger partial charge in [-0.15, -0.1) is 0 Å². The smallest absolute Gasteiger partial charge is 0.261 e. The van der Waals surface area contributed by atoms with Gasteiger partial charge in [0.2, 0.25) is 10.0 Å². The Labute approximate surface area is 164 Å². The standard InChI is InChI=1S/C19H19N3O4S2/c1-22(2)28(25,26)17-11-9-16(10-12-17)27(23,24)21-19-8-4-3-7-18(19)15-6-5-13-20-14-15/h3-14,21H,1-2H3. The van der Waals surface area contributed by atoms with Crippen molar-refractivity contribution < 1.29 is 16.8 Å². The molecule has 1 aromatic heterocycles. The molecule has 3 rings (SSSR count). The Morgan fingerprint density at radius 2 is 1.46 bits per heavy atom. The first-order valence-corrected chi connectivity index (χ1v) is 11.2. The van der Waals surface area contributed by atoms with Crippen LogP contribution in [0.4, 0.5) is 5.69 Å². The quantitative estimate of drug-likeness (QED) is 0.665. The van der Waals surface area contributed by atoms with Crippen molar-refractivity contribution in [3.8, 4) is 11.1 Å². The molecule has 146 valence electrons. The Morgan fingerprint density at radius 3 is 2.07 bits per heavy atom. The van der Waals surface area contributed by atoms with Gasteiger partial charge >= 0.3 is 0 Å². The molecule has 0 unspecified atom stereocenters. The van der Waals surface area contributed by atoms with E-state index in [0.717, 1.165) is 9.87 Å². The van der Waals surface area contributed by atoms with Crippen LogP contribution in [0, 0.1) is 0 Å². The summed E-state index contributed by atoms with van der Waals surface area (Å²) in [6.45, 7) is 0. The highest BCUT2D eigenvalue weighted by atomic mass is 32.2. The predicted octanol–water partition coefficient (Wildman–Crippen LogP) is 2.80. The fourth-order valence-corrected chi connectivity index (χ4v) is 4.53. The van der Waals surface area contributed by atoms with Gasteiger partial charge in [-0.3, -0.25) is 9.71 Å². The lowest BCUT2D eigenvalue weighted by atomic mass is 10.1. The van der Waals surface area contributed by atoms with Crippen LogP contribution in [0.1, 0.15) is 0 Å². The SMILES string of the molecule is CN(C)S(=O)(=O)c1ccc(S(=O)(=O)Nc2ccccc2-c2cccnc2)cc1. The Morgan fingerprint density at radius 1 is 0.821 bits per heavy atom. The lowest BCUT2D eigenvalue weighted by Crippen LogP contribution is -2.22. The monoisotopic (exact) mass is 417 g/mol. The summed E-state index contributed by atoms with van der Waals surface area (Å²) >= 11 is 0. The van der Waals surface area contributed by atoms with Crippen molar-refractivity contribution in [2.45, 2.75) is 9.79 Å². The molecule has 7 nitrogen and oxygen atoms in total. The number of rotatable bonds is 6. The maximum Gasteiger partial charge on any atom is 0.261 e. The summed E-state index contributed by atoms with van der Waals surface area (Å²) in [5.74, 6) is 0. The highest BCUT2D eigenvalue weighted by Gasteiger charge is 2.20. The van der Waals surface area contributed by atoms with Crippen molar-refractivity contribution in [3.63, 3.8) is 0 Å². The van der Waals surface area contributed by atoms with Crippen LogP contribution < -0.4 is 4.72 Å². The summed E-state index contributed by atoms with van der Waals surface area (Å²) < 4.78 is 53.5. The first kappa shape index (κ1) is 20.0. The van der Waals surface area contributed by atoms with Crippen LogP contribution in [0.15, 0.2) is 82.8 Å². The minimum Gasteiger partial charge on any atom is -0.279 e. The van der Waals surface area contributed by atoms with E-state index < -0.39 is 20.0 Å². The number of pyridine rings is 1. The molecular formula is C19H19N3O4S2. The van der Waals surface area contributed by atoms with Crippen LogP contribution in [0.5, 0.6) is 0 Å². The molecular weight excluding hydrogens is 398 g/mol. The van der Waals surface area contributed by atoms with Crippen molar-refractivity contribution in [1.82, 2.24) is 9.29 Å². The fraction of sp³-hybridized carbons (Fsp3) is 0.105. The molecule has 2 aromatic carbocycles. The van der Waals surface area contributed by atoms with E-state index in [1.165, 1.54) is 38.4 Å². The van der Waals surface area contributed by atoms with Gasteiger partial charge in [0.25, 0.3) is 10.0 Å². The average molecular weight is 418 g/mol. The Balaban J connectivity index is 1.94. The molecule has 0 amide bonds. The van der Waals surface area contributed by atoms with Crippen molar-refractivity contribution in [1.29, 1.82) is 0 Å². The van der Waals surface area contributed by atoms with E-state index in [0.29, 0.717) is 11.3 Å². The van der Waals surface area contributed by atoms with Crippen molar-refractivity contribution in [2.24, 2.45) is 0 Å². The molecule has 0 aliphatic heterocycles. The number of hydrogen-bond donors (Lipinski definition) is 1. The van der Waals surface area contributed by atoms with E-state index in [9.17, 15) is 16.8 Å². The third kappa shape index (κ3) is 4.06. The van der Waals surface area contributed by atoms with Crippen LogP contribution in [0.3, 0.4) is 0 Å². The molecule has 0 atom stereocenters. The van der Waals surface area contributed by atoms with Gasteiger partial charge in [0, 0.05) is 37.6 Å². The molecule has 0 aliphatic carbocycles. The molecule has 0 spiro atoms. The van der Waals surface area contributed by atoms with Crippen LogP contribution in [0.2, 0.25) is 0 Å². The highest BCUT2D eigenvalue weighted by molar-refractivity contribution is 7.92. The van der Waals surface area contributed by atoms with Gasteiger partial charge in [-0.25, -0.2) is 21.1 Å². The molecule has 3 aromatic rings. The first-order valence-electron chi connectivity index (χ1n) is 8.27. The van der Waals surface area contributed by atoms with Crippen LogP contribution >= 0.6 is 0 Å². The first-order chi connectivity index (χ1) is 13.2. The molecule has 1 N–H and O–H groups in total. The van der Waals surface area contributed by atoms with Gasteiger partial charge in [0.05, 0.1) is 15.5 Å². The number of sulfonamides is 2. The zero-order valence-electron chi connectivity index (χ0n) is 15.3. The Kier molecular flexibility index (Phi) is 5.50. The summed E-state index contributed by atoms with van der Waals surface area (Å²) in [4.78, 5) is 4.05. The van der Waals surface area contributed by atoms with Crippen molar-refractivity contribution in [3.05, 3.63) is 73.1 Å². The number of nitrogens with zero attached hydrogens (tertiary/aromatic N) is 2. The maximum absolute atomic E-state index is 12.8. The summed E-state index contributed by atoms with van der Waals surface area (Å²) in [7, 11) is -4.71. The molecule has 0 saturated heterocycles. The largest absolute Gasteiger partial charge is 0.279 e. The Hall–Kier alpha value is -2.75. The third-order valence-electron chi connectivity index (χ3n) is 4.06. The number of anilines is 1. The van der Waals surface area contributed by atoms with Crippen molar-refractivity contribution >= 4 is 25.7 Å². The second kappa shape index (κ2) is 7.70. The Bertz CT molecular complexity index is 1180. The number of benzene rings is 2. The van der Waals surface area contributed by atoms with Gasteiger partial charge < -0.3 is 0 Å². The van der Waals surface area contributed by atoms with E-state index in [-0.39, 0.29) is 9.79 Å². The topological polar surface area (TPSA) is 96.4 Å². The third-order valence-corrected chi connectivity index (χ3v) is 7.27. The lowest BCUT2D eigenvalue weighted by molar-refractivity contribution is 0.520. The van der Waals surface area contributed by atoms with Crippen LogP contribution in [0.25, 0.3) is 11.1 Å². The van der Waals surface area contributed by atoms with Crippen molar-refractivity contribution in [2.75, 3.05) is 18.8 Å². The van der Waals surface area contributed by atoms with E-state index in [1.54, 1.807) is 42.7 Å².